The molecule has 2 heteroatoms. The summed E-state index contributed by atoms with van der Waals surface area (Å²) in [5.41, 5.74) is 0. The molecular weight excluding hydrogens is 166 g/mol. The maximum absolute atomic E-state index is 3.60. The third-order valence-corrected chi connectivity index (χ3v) is 3.62. The van der Waals surface area contributed by atoms with Crippen molar-refractivity contribution in [3.8, 4) is 0 Å². The Morgan fingerprint density at radius 2 is 1.75 bits per heavy atom. The zero-order valence-corrected chi connectivity index (χ0v) is 9.29. The maximum atomic E-state index is 3.60. The monoisotopic (exact) mass is 187 g/mol. The molecule has 1 atom stereocenters. The molecule has 0 aromatic heterocycles. The third-order valence-electron chi connectivity index (χ3n) is 2.57. The fraction of sp³-hybridized carbons (Fsp3) is 1.00. The van der Waals surface area contributed by atoms with E-state index in [1.807, 2.05) is 0 Å². The van der Waals surface area contributed by atoms with Crippen LogP contribution in [0.25, 0.3) is 0 Å². The van der Waals surface area contributed by atoms with Crippen LogP contribution < -0.4 is 5.32 Å². The topological polar surface area (TPSA) is 12.0 Å². The molecule has 0 radical (unpaired) electrons. The zero-order chi connectivity index (χ0) is 8.97. The minimum absolute atomic E-state index is 0.634. The Morgan fingerprint density at radius 1 is 1.17 bits per heavy atom. The molecule has 1 unspecified atom stereocenters. The van der Waals surface area contributed by atoms with Crippen LogP contribution in [-0.4, -0.2) is 23.6 Å². The second-order valence-corrected chi connectivity index (χ2v) is 5.28. The van der Waals surface area contributed by atoms with Crippen LogP contribution in [0.3, 0.4) is 0 Å². The standard InChI is InChI=1S/C10H21NS/c1-8(2)11-9(3)10-4-6-12-7-5-10/h8-11H,4-7H2,1-3H3. The summed E-state index contributed by atoms with van der Waals surface area (Å²) in [7, 11) is 0. The van der Waals surface area contributed by atoms with Crippen LogP contribution >= 0.6 is 11.8 Å². The summed E-state index contributed by atoms with van der Waals surface area (Å²) in [5, 5.41) is 3.60. The first-order valence-corrected chi connectivity index (χ1v) is 6.19. The van der Waals surface area contributed by atoms with Gasteiger partial charge in [0, 0.05) is 12.1 Å². The average molecular weight is 187 g/mol. The van der Waals surface area contributed by atoms with E-state index in [2.05, 4.69) is 37.8 Å². The first-order valence-electron chi connectivity index (χ1n) is 5.04. The molecule has 1 N–H and O–H groups in total. The van der Waals surface area contributed by atoms with E-state index in [0.29, 0.717) is 12.1 Å². The molecule has 0 aliphatic carbocycles. The Labute approximate surface area is 80.7 Å². The highest BCUT2D eigenvalue weighted by Crippen LogP contribution is 2.25. The summed E-state index contributed by atoms with van der Waals surface area (Å²) in [6.45, 7) is 6.79. The Hall–Kier alpha value is 0.310. The predicted molar refractivity (Wildman–Crippen MR) is 57.8 cm³/mol. The van der Waals surface area contributed by atoms with E-state index in [-0.39, 0.29) is 0 Å². The normalized spacial score (nSPS) is 23.0. The Bertz CT molecular complexity index is 119. The molecule has 0 saturated carbocycles. The SMILES string of the molecule is CC(C)NC(C)C1CCSCC1. The highest BCUT2D eigenvalue weighted by molar-refractivity contribution is 7.99. The molecule has 1 saturated heterocycles. The maximum Gasteiger partial charge on any atom is 0.00699 e. The minimum atomic E-state index is 0.634. The van der Waals surface area contributed by atoms with Gasteiger partial charge in [0.1, 0.15) is 0 Å². The number of hydrogen-bond donors (Lipinski definition) is 1. The fourth-order valence-corrected chi connectivity index (χ4v) is 3.02. The van der Waals surface area contributed by atoms with Crippen LogP contribution in [0.15, 0.2) is 0 Å². The first-order chi connectivity index (χ1) is 5.70. The van der Waals surface area contributed by atoms with Crippen LogP contribution in [0.5, 0.6) is 0 Å². The molecule has 1 fully saturated rings. The van der Waals surface area contributed by atoms with E-state index in [1.54, 1.807) is 0 Å². The molecule has 0 aromatic carbocycles. The molecule has 72 valence electrons. The van der Waals surface area contributed by atoms with E-state index in [9.17, 15) is 0 Å². The molecular formula is C10H21NS. The van der Waals surface area contributed by atoms with Crippen molar-refractivity contribution in [2.45, 2.75) is 45.7 Å². The molecule has 0 spiro atoms. The van der Waals surface area contributed by atoms with Crippen LogP contribution in [0.1, 0.15) is 33.6 Å². The summed E-state index contributed by atoms with van der Waals surface area (Å²) in [6, 6.07) is 1.35. The van der Waals surface area contributed by atoms with E-state index in [4.69, 9.17) is 0 Å². The molecule has 0 amide bonds. The van der Waals surface area contributed by atoms with Gasteiger partial charge in [0.25, 0.3) is 0 Å². The van der Waals surface area contributed by atoms with Crippen molar-refractivity contribution >= 4 is 11.8 Å². The van der Waals surface area contributed by atoms with E-state index in [1.165, 1.54) is 24.3 Å². The summed E-state index contributed by atoms with van der Waals surface area (Å²) in [6.07, 6.45) is 2.82. The van der Waals surface area contributed by atoms with Gasteiger partial charge in [0.2, 0.25) is 0 Å². The Morgan fingerprint density at radius 3 is 2.25 bits per heavy atom. The van der Waals surface area contributed by atoms with Crippen molar-refractivity contribution in [1.82, 2.24) is 5.32 Å². The molecule has 1 aliphatic heterocycles. The summed E-state index contributed by atoms with van der Waals surface area (Å²) >= 11 is 2.11. The van der Waals surface area contributed by atoms with Crippen molar-refractivity contribution in [2.75, 3.05) is 11.5 Å². The minimum Gasteiger partial charge on any atom is -0.312 e. The van der Waals surface area contributed by atoms with Gasteiger partial charge < -0.3 is 5.32 Å². The molecule has 1 heterocycles. The number of hydrogen-bond acceptors (Lipinski definition) is 2. The van der Waals surface area contributed by atoms with Gasteiger partial charge in [-0.25, -0.2) is 0 Å². The molecule has 1 nitrogen and oxygen atoms in total. The lowest BCUT2D eigenvalue weighted by Crippen LogP contribution is -2.39. The van der Waals surface area contributed by atoms with Gasteiger partial charge in [0.05, 0.1) is 0 Å². The first kappa shape index (κ1) is 10.4. The van der Waals surface area contributed by atoms with Gasteiger partial charge in [-0.05, 0) is 37.2 Å². The molecule has 1 aliphatic rings. The third kappa shape index (κ3) is 3.36. The summed E-state index contributed by atoms with van der Waals surface area (Å²) in [5.74, 6) is 3.66. The predicted octanol–water partition coefficient (Wildman–Crippen LogP) is 2.52. The van der Waals surface area contributed by atoms with Crippen molar-refractivity contribution < 1.29 is 0 Å². The fourth-order valence-electron chi connectivity index (χ4n) is 1.88. The molecule has 0 aromatic rings. The smallest absolute Gasteiger partial charge is 0.00699 e. The lowest BCUT2D eigenvalue weighted by molar-refractivity contribution is 0.334. The largest absolute Gasteiger partial charge is 0.312 e. The van der Waals surface area contributed by atoms with Crippen LogP contribution in [0.4, 0.5) is 0 Å². The quantitative estimate of drug-likeness (QED) is 0.728. The van der Waals surface area contributed by atoms with Crippen LogP contribution in [-0.2, 0) is 0 Å². The van der Waals surface area contributed by atoms with Crippen molar-refractivity contribution in [3.63, 3.8) is 0 Å². The van der Waals surface area contributed by atoms with Crippen molar-refractivity contribution in [3.05, 3.63) is 0 Å². The number of nitrogens with one attached hydrogen (secondary N) is 1. The zero-order valence-electron chi connectivity index (χ0n) is 8.47. The van der Waals surface area contributed by atoms with E-state index >= 15 is 0 Å². The highest BCUT2D eigenvalue weighted by Gasteiger charge is 2.20. The van der Waals surface area contributed by atoms with Crippen molar-refractivity contribution in [2.24, 2.45) is 5.92 Å². The Balaban J connectivity index is 2.24. The van der Waals surface area contributed by atoms with E-state index < -0.39 is 0 Å². The summed E-state index contributed by atoms with van der Waals surface area (Å²) in [4.78, 5) is 0. The van der Waals surface area contributed by atoms with Gasteiger partial charge in [0.15, 0.2) is 0 Å². The summed E-state index contributed by atoms with van der Waals surface area (Å²) < 4.78 is 0. The molecule has 1 rings (SSSR count). The van der Waals surface area contributed by atoms with Crippen LogP contribution in [0.2, 0.25) is 0 Å². The van der Waals surface area contributed by atoms with Gasteiger partial charge in [-0.3, -0.25) is 0 Å². The van der Waals surface area contributed by atoms with Gasteiger partial charge in [-0.2, -0.15) is 11.8 Å². The second kappa shape index (κ2) is 5.13. The Kier molecular flexibility index (Phi) is 4.44. The van der Waals surface area contributed by atoms with Crippen LogP contribution in [0, 0.1) is 5.92 Å². The van der Waals surface area contributed by atoms with Crippen molar-refractivity contribution in [1.29, 1.82) is 0 Å². The molecule has 0 bridgehead atoms. The lowest BCUT2D eigenvalue weighted by Gasteiger charge is -2.29. The molecule has 12 heavy (non-hydrogen) atoms. The number of thioether (sulfide) groups is 1. The average Bonchev–Trinajstić information content (AvgIpc) is 2.05. The van der Waals surface area contributed by atoms with Gasteiger partial charge >= 0.3 is 0 Å². The highest BCUT2D eigenvalue weighted by atomic mass is 32.2. The second-order valence-electron chi connectivity index (χ2n) is 4.06. The van der Waals surface area contributed by atoms with E-state index in [0.717, 1.165) is 5.92 Å². The van der Waals surface area contributed by atoms with Gasteiger partial charge in [-0.1, -0.05) is 13.8 Å². The van der Waals surface area contributed by atoms with Gasteiger partial charge in [-0.15, -0.1) is 0 Å². The number of rotatable bonds is 3. The lowest BCUT2D eigenvalue weighted by atomic mass is 9.94.